The molecule has 1 aromatic carbocycles. The van der Waals surface area contributed by atoms with E-state index in [1.54, 1.807) is 6.92 Å². The van der Waals surface area contributed by atoms with Gasteiger partial charge in [0.2, 0.25) is 5.91 Å². The fourth-order valence-electron chi connectivity index (χ4n) is 1.90. The molecule has 0 radical (unpaired) electrons. The number of hydrogen-bond donors (Lipinski definition) is 0. The molecule has 1 aliphatic rings. The van der Waals surface area contributed by atoms with Gasteiger partial charge in [-0.25, -0.2) is 0 Å². The Balaban J connectivity index is 2.11. The Hall–Kier alpha value is -1.31. The summed E-state index contributed by atoms with van der Waals surface area (Å²) in [5, 5.41) is 0. The fourth-order valence-corrected chi connectivity index (χ4v) is 1.90. The summed E-state index contributed by atoms with van der Waals surface area (Å²) in [5.41, 5.74) is 1.34. The number of nitrogens with zero attached hydrogens (tertiary/aromatic N) is 1. The van der Waals surface area contributed by atoms with Crippen LogP contribution in [-0.2, 0) is 11.3 Å². The monoisotopic (exact) mass is 203 g/mol. The van der Waals surface area contributed by atoms with Crippen molar-refractivity contribution in [2.75, 3.05) is 0 Å². The maximum absolute atomic E-state index is 11.6. The van der Waals surface area contributed by atoms with Crippen LogP contribution in [0, 0.1) is 0 Å². The normalized spacial score (nSPS) is 17.2. The maximum Gasteiger partial charge on any atom is 0.220 e. The van der Waals surface area contributed by atoms with Crippen molar-refractivity contribution in [3.63, 3.8) is 0 Å². The zero-order chi connectivity index (χ0) is 10.9. The van der Waals surface area contributed by atoms with Gasteiger partial charge in [0, 0.05) is 19.0 Å². The highest BCUT2D eigenvalue weighted by Gasteiger charge is 2.44. The molecular formula is C13H17NO. The Bertz CT molecular complexity index is 354. The van der Waals surface area contributed by atoms with Crippen molar-refractivity contribution < 1.29 is 4.79 Å². The molecule has 0 spiro atoms. The van der Waals surface area contributed by atoms with Crippen LogP contribution < -0.4 is 0 Å². The van der Waals surface area contributed by atoms with Gasteiger partial charge in [0.25, 0.3) is 0 Å². The summed E-state index contributed by atoms with van der Waals surface area (Å²) < 4.78 is 0. The standard InChI is InChI=1S/C13H17NO/c1-11(15)14(13(2)8-9-13)10-12-6-4-3-5-7-12/h3-7H,8-10H2,1-2H3. The van der Waals surface area contributed by atoms with Crippen LogP contribution in [0.3, 0.4) is 0 Å². The quantitative estimate of drug-likeness (QED) is 0.739. The van der Waals surface area contributed by atoms with E-state index in [0.29, 0.717) is 0 Å². The van der Waals surface area contributed by atoms with Gasteiger partial charge in [-0.05, 0) is 25.3 Å². The maximum atomic E-state index is 11.6. The Morgan fingerprint density at radius 2 is 1.93 bits per heavy atom. The molecule has 0 saturated heterocycles. The summed E-state index contributed by atoms with van der Waals surface area (Å²) in [6, 6.07) is 10.2. The molecule has 1 aliphatic carbocycles. The molecule has 2 rings (SSSR count). The van der Waals surface area contributed by atoms with Gasteiger partial charge in [0.1, 0.15) is 0 Å². The van der Waals surface area contributed by atoms with Gasteiger partial charge in [-0.15, -0.1) is 0 Å². The predicted molar refractivity (Wildman–Crippen MR) is 60.3 cm³/mol. The summed E-state index contributed by atoms with van der Waals surface area (Å²) in [6.45, 7) is 4.57. The van der Waals surface area contributed by atoms with Gasteiger partial charge in [0.15, 0.2) is 0 Å². The molecule has 0 aromatic heterocycles. The molecule has 0 unspecified atom stereocenters. The van der Waals surface area contributed by atoms with Crippen molar-refractivity contribution >= 4 is 5.91 Å². The van der Waals surface area contributed by atoms with E-state index >= 15 is 0 Å². The predicted octanol–water partition coefficient (Wildman–Crippen LogP) is 2.59. The van der Waals surface area contributed by atoms with Gasteiger partial charge in [0.05, 0.1) is 0 Å². The second kappa shape index (κ2) is 3.69. The number of hydrogen-bond acceptors (Lipinski definition) is 1. The van der Waals surface area contributed by atoms with Gasteiger partial charge in [-0.1, -0.05) is 30.3 Å². The van der Waals surface area contributed by atoms with Crippen molar-refractivity contribution in [1.29, 1.82) is 0 Å². The minimum absolute atomic E-state index is 0.127. The highest BCUT2D eigenvalue weighted by Crippen LogP contribution is 2.41. The van der Waals surface area contributed by atoms with Crippen molar-refractivity contribution in [3.05, 3.63) is 35.9 Å². The average Bonchev–Trinajstić information content (AvgIpc) is 2.95. The first-order valence-electron chi connectivity index (χ1n) is 5.44. The lowest BCUT2D eigenvalue weighted by atomic mass is 10.1. The smallest absolute Gasteiger partial charge is 0.220 e. The van der Waals surface area contributed by atoms with E-state index < -0.39 is 0 Å². The second-order valence-corrected chi connectivity index (χ2v) is 4.59. The van der Waals surface area contributed by atoms with Crippen LogP contribution in [0.25, 0.3) is 0 Å². The zero-order valence-electron chi connectivity index (χ0n) is 9.36. The first kappa shape index (κ1) is 10.2. The number of carbonyl (C=O) groups excluding carboxylic acids is 1. The highest BCUT2D eigenvalue weighted by atomic mass is 16.2. The summed E-state index contributed by atoms with van der Waals surface area (Å²) in [7, 11) is 0. The van der Waals surface area contributed by atoms with Crippen LogP contribution in [0.2, 0.25) is 0 Å². The summed E-state index contributed by atoms with van der Waals surface area (Å²) >= 11 is 0. The molecule has 1 aromatic rings. The molecule has 80 valence electrons. The molecule has 1 fully saturated rings. The van der Waals surface area contributed by atoms with Gasteiger partial charge >= 0.3 is 0 Å². The number of rotatable bonds is 3. The van der Waals surface area contributed by atoms with Gasteiger partial charge in [-0.3, -0.25) is 4.79 Å². The molecule has 0 aliphatic heterocycles. The van der Waals surface area contributed by atoms with E-state index in [9.17, 15) is 4.79 Å². The first-order valence-corrected chi connectivity index (χ1v) is 5.44. The topological polar surface area (TPSA) is 20.3 Å². The SMILES string of the molecule is CC(=O)N(Cc1ccccc1)C1(C)CC1. The molecule has 0 atom stereocenters. The number of benzene rings is 1. The Labute approximate surface area is 90.9 Å². The molecule has 2 heteroatoms. The van der Waals surface area contributed by atoms with Crippen molar-refractivity contribution in [2.24, 2.45) is 0 Å². The molecular weight excluding hydrogens is 186 g/mol. The summed E-state index contributed by atoms with van der Waals surface area (Å²) in [5.74, 6) is 0.179. The lowest BCUT2D eigenvalue weighted by Gasteiger charge is -2.28. The number of carbonyl (C=O) groups is 1. The van der Waals surface area contributed by atoms with E-state index in [4.69, 9.17) is 0 Å². The van der Waals surface area contributed by atoms with Crippen molar-refractivity contribution in [2.45, 2.75) is 38.8 Å². The van der Waals surface area contributed by atoms with E-state index in [2.05, 4.69) is 19.1 Å². The van der Waals surface area contributed by atoms with E-state index in [1.165, 1.54) is 5.56 Å². The third-order valence-corrected chi connectivity index (χ3v) is 3.19. The van der Waals surface area contributed by atoms with E-state index in [1.807, 2.05) is 23.1 Å². The van der Waals surface area contributed by atoms with Crippen molar-refractivity contribution in [1.82, 2.24) is 4.90 Å². The highest BCUT2D eigenvalue weighted by molar-refractivity contribution is 5.74. The van der Waals surface area contributed by atoms with E-state index in [-0.39, 0.29) is 11.4 Å². The molecule has 2 nitrogen and oxygen atoms in total. The Morgan fingerprint density at radius 3 is 2.40 bits per heavy atom. The molecule has 0 bridgehead atoms. The van der Waals surface area contributed by atoms with Gasteiger partial charge in [-0.2, -0.15) is 0 Å². The Morgan fingerprint density at radius 1 is 1.33 bits per heavy atom. The molecule has 1 saturated carbocycles. The van der Waals surface area contributed by atoms with Crippen LogP contribution in [0.1, 0.15) is 32.3 Å². The lowest BCUT2D eigenvalue weighted by Crippen LogP contribution is -2.38. The number of amides is 1. The largest absolute Gasteiger partial charge is 0.333 e. The lowest BCUT2D eigenvalue weighted by molar-refractivity contribution is -0.132. The molecule has 0 N–H and O–H groups in total. The third-order valence-electron chi connectivity index (χ3n) is 3.19. The van der Waals surface area contributed by atoms with Crippen LogP contribution in [0.5, 0.6) is 0 Å². The molecule has 15 heavy (non-hydrogen) atoms. The minimum Gasteiger partial charge on any atom is -0.333 e. The fraction of sp³-hybridized carbons (Fsp3) is 0.462. The minimum atomic E-state index is 0.127. The third kappa shape index (κ3) is 2.20. The van der Waals surface area contributed by atoms with Crippen LogP contribution in [0.15, 0.2) is 30.3 Å². The summed E-state index contributed by atoms with van der Waals surface area (Å²) in [6.07, 6.45) is 2.28. The molecule has 1 amide bonds. The summed E-state index contributed by atoms with van der Waals surface area (Å²) in [4.78, 5) is 13.5. The van der Waals surface area contributed by atoms with Crippen molar-refractivity contribution in [3.8, 4) is 0 Å². The van der Waals surface area contributed by atoms with Crippen LogP contribution >= 0.6 is 0 Å². The van der Waals surface area contributed by atoms with Crippen LogP contribution in [0.4, 0.5) is 0 Å². The second-order valence-electron chi connectivity index (χ2n) is 4.59. The zero-order valence-corrected chi connectivity index (χ0v) is 9.36. The first-order chi connectivity index (χ1) is 7.12. The molecule has 0 heterocycles. The Kier molecular flexibility index (Phi) is 2.51. The van der Waals surface area contributed by atoms with E-state index in [0.717, 1.165) is 19.4 Å². The van der Waals surface area contributed by atoms with Gasteiger partial charge < -0.3 is 4.90 Å². The van der Waals surface area contributed by atoms with Crippen LogP contribution in [-0.4, -0.2) is 16.3 Å². The average molecular weight is 203 g/mol.